The highest BCUT2D eigenvalue weighted by Gasteiger charge is 2.28. The minimum atomic E-state index is -0.289. The van der Waals surface area contributed by atoms with Gasteiger partial charge in [-0.3, -0.25) is 4.79 Å². The highest BCUT2D eigenvalue weighted by atomic mass is 35.5. The highest BCUT2D eigenvalue weighted by molar-refractivity contribution is 6.25. The molecule has 1 aliphatic carbocycles. The zero-order valence-electron chi connectivity index (χ0n) is 6.25. The van der Waals surface area contributed by atoms with Gasteiger partial charge in [0.2, 0.25) is 0 Å². The summed E-state index contributed by atoms with van der Waals surface area (Å²) in [5.41, 5.74) is 0.905. The number of fused-ring (bicyclic) bond motifs is 1. The summed E-state index contributed by atoms with van der Waals surface area (Å²) in [5.74, 6) is 0.0405. The molecule has 0 saturated heterocycles. The number of allylic oxidation sites excluding steroid dienone is 3. The van der Waals surface area contributed by atoms with E-state index >= 15 is 0 Å². The van der Waals surface area contributed by atoms with Gasteiger partial charge in [0, 0.05) is 0 Å². The van der Waals surface area contributed by atoms with Crippen molar-refractivity contribution in [1.82, 2.24) is 5.32 Å². The molecule has 2 atom stereocenters. The SMILES string of the molecule is O=C1C=CC(Cl)C2=CC=[C]NC12. The maximum absolute atomic E-state index is 11.3. The van der Waals surface area contributed by atoms with Crippen LogP contribution in [0.1, 0.15) is 0 Å². The number of alkyl halides is 1. The fraction of sp³-hybridized carbons (Fsp3) is 0.222. The summed E-state index contributed by atoms with van der Waals surface area (Å²) in [6, 6.07) is -0.289. The van der Waals surface area contributed by atoms with Gasteiger partial charge >= 0.3 is 0 Å². The van der Waals surface area contributed by atoms with Crippen LogP contribution in [-0.4, -0.2) is 17.2 Å². The Bertz CT molecular complexity index is 304. The van der Waals surface area contributed by atoms with Gasteiger partial charge in [-0.15, -0.1) is 11.6 Å². The number of rotatable bonds is 0. The fourth-order valence-electron chi connectivity index (χ4n) is 1.32. The third-order valence-electron chi connectivity index (χ3n) is 1.95. The van der Waals surface area contributed by atoms with Crippen LogP contribution in [0.3, 0.4) is 0 Å². The number of hydrogen-bond donors (Lipinski definition) is 1. The Hall–Kier alpha value is -1.02. The summed E-state index contributed by atoms with van der Waals surface area (Å²) in [4.78, 5) is 11.3. The number of hydrogen-bond acceptors (Lipinski definition) is 2. The summed E-state index contributed by atoms with van der Waals surface area (Å²) in [6.07, 6.45) is 9.55. The maximum Gasteiger partial charge on any atom is 0.181 e. The van der Waals surface area contributed by atoms with E-state index in [1.54, 1.807) is 12.2 Å². The van der Waals surface area contributed by atoms with Gasteiger partial charge in [0.15, 0.2) is 5.78 Å². The Morgan fingerprint density at radius 1 is 1.58 bits per heavy atom. The van der Waals surface area contributed by atoms with Crippen molar-refractivity contribution in [2.24, 2.45) is 0 Å². The standard InChI is InChI=1S/C9H7ClNO/c10-7-3-4-8(12)9-6(7)2-1-5-11-9/h1-4,7,9,11H. The van der Waals surface area contributed by atoms with Crippen molar-refractivity contribution in [1.29, 1.82) is 0 Å². The molecule has 2 aliphatic rings. The van der Waals surface area contributed by atoms with Gasteiger partial charge in [0.25, 0.3) is 0 Å². The molecule has 3 heteroatoms. The number of dihydropyridines is 1. The predicted octanol–water partition coefficient (Wildman–Crippen LogP) is 0.948. The van der Waals surface area contributed by atoms with E-state index in [-0.39, 0.29) is 17.2 Å². The van der Waals surface area contributed by atoms with Gasteiger partial charge in [0.05, 0.1) is 11.6 Å². The van der Waals surface area contributed by atoms with E-state index in [0.717, 1.165) is 5.57 Å². The van der Waals surface area contributed by atoms with Gasteiger partial charge in [-0.25, -0.2) is 0 Å². The van der Waals surface area contributed by atoms with Crippen molar-refractivity contribution in [3.8, 4) is 0 Å². The lowest BCUT2D eigenvalue weighted by Crippen LogP contribution is -2.40. The third-order valence-corrected chi connectivity index (χ3v) is 2.35. The smallest absolute Gasteiger partial charge is 0.181 e. The molecule has 1 aliphatic heterocycles. The van der Waals surface area contributed by atoms with Crippen molar-refractivity contribution in [2.45, 2.75) is 11.4 Å². The Morgan fingerprint density at radius 2 is 2.42 bits per heavy atom. The van der Waals surface area contributed by atoms with Crippen molar-refractivity contribution in [3.63, 3.8) is 0 Å². The lowest BCUT2D eigenvalue weighted by Gasteiger charge is -2.25. The van der Waals surface area contributed by atoms with Crippen molar-refractivity contribution >= 4 is 17.4 Å². The van der Waals surface area contributed by atoms with Gasteiger partial charge in [-0.1, -0.05) is 12.2 Å². The second kappa shape index (κ2) is 2.79. The van der Waals surface area contributed by atoms with E-state index < -0.39 is 0 Å². The molecule has 2 unspecified atom stereocenters. The third kappa shape index (κ3) is 1.08. The van der Waals surface area contributed by atoms with Crippen LogP contribution in [0.2, 0.25) is 0 Å². The summed E-state index contributed by atoms with van der Waals surface area (Å²) < 4.78 is 0. The lowest BCUT2D eigenvalue weighted by atomic mass is 9.92. The molecule has 2 nitrogen and oxygen atoms in total. The van der Waals surface area contributed by atoms with Gasteiger partial charge in [0.1, 0.15) is 6.04 Å². The molecule has 1 radical (unpaired) electrons. The quantitative estimate of drug-likeness (QED) is 0.563. The van der Waals surface area contributed by atoms with Gasteiger partial charge in [-0.05, 0) is 17.7 Å². The molecule has 0 fully saturated rings. The van der Waals surface area contributed by atoms with E-state index in [4.69, 9.17) is 11.6 Å². The number of ketones is 1. The fourth-order valence-corrected chi connectivity index (χ4v) is 1.59. The predicted molar refractivity (Wildman–Crippen MR) is 46.6 cm³/mol. The summed E-state index contributed by atoms with van der Waals surface area (Å²) >= 11 is 5.96. The van der Waals surface area contributed by atoms with Crippen LogP contribution in [0.4, 0.5) is 0 Å². The van der Waals surface area contributed by atoms with E-state index in [9.17, 15) is 4.79 Å². The number of nitrogens with one attached hydrogen (secondary N) is 1. The van der Waals surface area contributed by atoms with E-state index in [2.05, 4.69) is 11.5 Å². The molecular formula is C9H7ClNO. The first kappa shape index (κ1) is 7.62. The first-order chi connectivity index (χ1) is 5.79. The molecule has 12 heavy (non-hydrogen) atoms. The summed E-state index contributed by atoms with van der Waals surface area (Å²) in [6.45, 7) is 0. The second-order valence-electron chi connectivity index (χ2n) is 2.72. The number of halogens is 1. The Morgan fingerprint density at radius 3 is 3.17 bits per heavy atom. The van der Waals surface area contributed by atoms with Crippen LogP contribution < -0.4 is 5.32 Å². The summed E-state index contributed by atoms with van der Waals surface area (Å²) in [5, 5.41) is 2.67. The zero-order chi connectivity index (χ0) is 8.55. The minimum Gasteiger partial charge on any atom is -0.370 e. The van der Waals surface area contributed by atoms with E-state index in [0.29, 0.717) is 0 Å². The normalized spacial score (nSPS) is 32.4. The molecule has 0 bridgehead atoms. The second-order valence-corrected chi connectivity index (χ2v) is 3.19. The van der Waals surface area contributed by atoms with Crippen molar-refractivity contribution in [3.05, 3.63) is 36.1 Å². The molecule has 0 aromatic rings. The van der Waals surface area contributed by atoms with E-state index in [1.165, 1.54) is 6.08 Å². The molecule has 0 spiro atoms. The summed E-state index contributed by atoms with van der Waals surface area (Å²) in [7, 11) is 0. The average Bonchev–Trinajstić information content (AvgIpc) is 2.12. The van der Waals surface area contributed by atoms with Gasteiger partial charge < -0.3 is 5.32 Å². The topological polar surface area (TPSA) is 29.1 Å². The molecule has 61 valence electrons. The Balaban J connectivity index is 2.39. The largest absolute Gasteiger partial charge is 0.370 e. The maximum atomic E-state index is 11.3. The van der Waals surface area contributed by atoms with Crippen molar-refractivity contribution in [2.75, 3.05) is 0 Å². The first-order valence-electron chi connectivity index (χ1n) is 3.69. The van der Waals surface area contributed by atoms with Gasteiger partial charge in [-0.2, -0.15) is 0 Å². The van der Waals surface area contributed by atoms with E-state index in [1.807, 2.05) is 6.08 Å². The van der Waals surface area contributed by atoms with Crippen LogP contribution >= 0.6 is 11.6 Å². The Labute approximate surface area is 75.6 Å². The molecule has 0 saturated carbocycles. The lowest BCUT2D eigenvalue weighted by molar-refractivity contribution is -0.115. The monoisotopic (exact) mass is 180 g/mol. The van der Waals surface area contributed by atoms with Crippen LogP contribution in [0, 0.1) is 6.20 Å². The van der Waals surface area contributed by atoms with Crippen molar-refractivity contribution < 1.29 is 4.79 Å². The number of carbonyl (C=O) groups is 1. The van der Waals surface area contributed by atoms with Crippen LogP contribution in [0.25, 0.3) is 0 Å². The first-order valence-corrected chi connectivity index (χ1v) is 4.13. The molecular weight excluding hydrogens is 174 g/mol. The minimum absolute atomic E-state index is 0.0405. The molecule has 1 heterocycles. The molecule has 0 aromatic carbocycles. The molecule has 0 amide bonds. The zero-order valence-corrected chi connectivity index (χ0v) is 7.01. The van der Waals surface area contributed by atoms with Crippen LogP contribution in [-0.2, 0) is 4.79 Å². The van der Waals surface area contributed by atoms with Crippen LogP contribution in [0.5, 0.6) is 0 Å². The molecule has 1 N–H and O–H groups in total. The molecule has 2 rings (SSSR count). The van der Waals surface area contributed by atoms with Crippen LogP contribution in [0.15, 0.2) is 29.9 Å². The Kier molecular flexibility index (Phi) is 1.77. The highest BCUT2D eigenvalue weighted by Crippen LogP contribution is 2.22. The average molecular weight is 181 g/mol. The number of carbonyl (C=O) groups excluding carboxylic acids is 1. The molecule has 0 aromatic heterocycles.